The molecule has 0 aliphatic rings. The summed E-state index contributed by atoms with van der Waals surface area (Å²) in [6.07, 6.45) is 5.26. The molecule has 63 valence electrons. The van der Waals surface area contributed by atoms with E-state index in [9.17, 15) is 4.79 Å². The predicted octanol–water partition coefficient (Wildman–Crippen LogP) is 1.76. The van der Waals surface area contributed by atoms with Crippen molar-refractivity contribution < 1.29 is 31.9 Å². The Kier molecular flexibility index (Phi) is 13.1. The van der Waals surface area contributed by atoms with E-state index in [4.69, 9.17) is 4.74 Å². The molecule has 0 aromatic rings. The second-order valence-electron chi connectivity index (χ2n) is 2.25. The summed E-state index contributed by atoms with van der Waals surface area (Å²) in [7, 11) is 0. The Morgan fingerprint density at radius 2 is 2.18 bits per heavy atom. The number of hydrogen-bond acceptors (Lipinski definition) is 2. The van der Waals surface area contributed by atoms with Crippen molar-refractivity contribution in [1.29, 1.82) is 0 Å². The number of hydrogen-bond donors (Lipinski definition) is 0. The smallest absolute Gasteiger partial charge is 0.575 e. The number of ether oxygens (including phenoxy) is 1. The minimum absolute atomic E-state index is 0. The SMILES string of the molecule is C[C-](C)OC[CH-]CCC=O.[Nb+2]. The van der Waals surface area contributed by atoms with E-state index in [2.05, 4.69) is 0 Å². The standard InChI is InChI=1S/C8H14O2.Nb/c1-8(2)10-7-5-3-4-6-9;/h5-6H,3-4,7H2,1-2H3;/q-2;+2. The minimum Gasteiger partial charge on any atom is -0.575 e. The summed E-state index contributed by atoms with van der Waals surface area (Å²) in [4.78, 5) is 9.84. The summed E-state index contributed by atoms with van der Waals surface area (Å²) in [5.74, 6) is 0. The summed E-state index contributed by atoms with van der Waals surface area (Å²) in [6.45, 7) is 4.44. The van der Waals surface area contributed by atoms with Crippen LogP contribution in [0.25, 0.3) is 0 Å². The number of carbonyl (C=O) groups excluding carboxylic acids is 1. The molecule has 0 aliphatic carbocycles. The second kappa shape index (κ2) is 10.4. The predicted molar refractivity (Wildman–Crippen MR) is 40.1 cm³/mol. The molecule has 0 bridgehead atoms. The maximum absolute atomic E-state index is 9.84. The number of carbonyl (C=O) groups is 1. The summed E-state index contributed by atoms with van der Waals surface area (Å²) in [6, 6.07) is 0. The maximum atomic E-state index is 9.84. The van der Waals surface area contributed by atoms with E-state index in [0.717, 1.165) is 18.8 Å². The fourth-order valence-electron chi connectivity index (χ4n) is 0.495. The van der Waals surface area contributed by atoms with Gasteiger partial charge >= 0.3 is 22.4 Å². The third kappa shape index (κ3) is 13.4. The molecule has 0 fully saturated rings. The molecule has 0 spiro atoms. The van der Waals surface area contributed by atoms with E-state index in [1.165, 1.54) is 0 Å². The van der Waals surface area contributed by atoms with Gasteiger partial charge in [-0.25, -0.2) is 6.10 Å². The number of rotatable bonds is 6. The van der Waals surface area contributed by atoms with Crippen molar-refractivity contribution in [3.63, 3.8) is 0 Å². The van der Waals surface area contributed by atoms with E-state index in [1.54, 1.807) is 0 Å². The van der Waals surface area contributed by atoms with Gasteiger partial charge in [-0.15, -0.1) is 6.61 Å². The van der Waals surface area contributed by atoms with Crippen LogP contribution in [0.2, 0.25) is 0 Å². The van der Waals surface area contributed by atoms with Gasteiger partial charge in [0, 0.05) is 0 Å². The van der Waals surface area contributed by atoms with Gasteiger partial charge in [-0.3, -0.25) is 0 Å². The van der Waals surface area contributed by atoms with Crippen LogP contribution in [0, 0.1) is 12.5 Å². The first-order chi connectivity index (χ1) is 4.77. The molecule has 0 heterocycles. The van der Waals surface area contributed by atoms with Crippen LogP contribution in [0.15, 0.2) is 0 Å². The molecule has 0 atom stereocenters. The molecular formula is C8H14NbO2. The monoisotopic (exact) mass is 235 g/mol. The maximum Gasteiger partial charge on any atom is 2.00 e. The molecule has 0 aromatic carbocycles. The second-order valence-corrected chi connectivity index (χ2v) is 2.25. The molecule has 0 saturated heterocycles. The molecule has 0 amide bonds. The van der Waals surface area contributed by atoms with Crippen LogP contribution in [0.3, 0.4) is 0 Å². The molecule has 3 heteroatoms. The Morgan fingerprint density at radius 1 is 1.55 bits per heavy atom. The average molecular weight is 235 g/mol. The number of unbranched alkanes of at least 4 members (excludes halogenated alkanes) is 2. The van der Waals surface area contributed by atoms with Gasteiger partial charge in [0.15, 0.2) is 0 Å². The summed E-state index contributed by atoms with van der Waals surface area (Å²) >= 11 is 0. The van der Waals surface area contributed by atoms with Crippen molar-refractivity contribution in [1.82, 2.24) is 0 Å². The Morgan fingerprint density at radius 3 is 2.64 bits per heavy atom. The normalized spacial score (nSPS) is 9.36. The molecule has 0 N–H and O–H groups in total. The van der Waals surface area contributed by atoms with Gasteiger partial charge in [0.2, 0.25) is 0 Å². The van der Waals surface area contributed by atoms with Crippen molar-refractivity contribution in [3.8, 4) is 0 Å². The van der Waals surface area contributed by atoms with Gasteiger partial charge in [0.25, 0.3) is 0 Å². The van der Waals surface area contributed by atoms with Crippen LogP contribution < -0.4 is 0 Å². The average Bonchev–Trinajstić information content (AvgIpc) is 1.87. The first-order valence-electron chi connectivity index (χ1n) is 3.45. The van der Waals surface area contributed by atoms with Gasteiger partial charge in [0.1, 0.15) is 6.29 Å². The Labute approximate surface area is 84.2 Å². The summed E-state index contributed by atoms with van der Waals surface area (Å²) in [5.41, 5.74) is 0. The van der Waals surface area contributed by atoms with E-state index >= 15 is 0 Å². The Balaban J connectivity index is 0. The fraction of sp³-hybridized carbons (Fsp3) is 0.625. The Bertz CT molecular complexity index is 84.2. The van der Waals surface area contributed by atoms with Crippen LogP contribution in [-0.2, 0) is 31.9 Å². The van der Waals surface area contributed by atoms with E-state index in [1.807, 2.05) is 20.3 Å². The quantitative estimate of drug-likeness (QED) is 0.303. The zero-order valence-electron chi connectivity index (χ0n) is 7.04. The van der Waals surface area contributed by atoms with Crippen LogP contribution in [0.1, 0.15) is 26.7 Å². The van der Waals surface area contributed by atoms with Crippen molar-refractivity contribution >= 4 is 6.29 Å². The van der Waals surface area contributed by atoms with Gasteiger partial charge < -0.3 is 16.0 Å². The van der Waals surface area contributed by atoms with Crippen molar-refractivity contribution in [2.24, 2.45) is 0 Å². The largest absolute Gasteiger partial charge is 2.00 e. The third-order valence-corrected chi connectivity index (χ3v) is 0.979. The summed E-state index contributed by atoms with van der Waals surface area (Å²) < 4.78 is 5.13. The molecule has 1 radical (unpaired) electrons. The van der Waals surface area contributed by atoms with Gasteiger partial charge in [-0.1, -0.05) is 0 Å². The van der Waals surface area contributed by atoms with Crippen molar-refractivity contribution in [2.45, 2.75) is 26.7 Å². The Hall–Kier alpha value is 0.370. The molecule has 0 aromatic heterocycles. The molecule has 2 nitrogen and oxygen atoms in total. The van der Waals surface area contributed by atoms with E-state index in [0.29, 0.717) is 13.0 Å². The van der Waals surface area contributed by atoms with Crippen LogP contribution >= 0.6 is 0 Å². The van der Waals surface area contributed by atoms with Crippen LogP contribution in [-0.4, -0.2) is 12.9 Å². The van der Waals surface area contributed by atoms with Crippen LogP contribution in [0.5, 0.6) is 0 Å². The third-order valence-electron chi connectivity index (χ3n) is 0.979. The van der Waals surface area contributed by atoms with E-state index in [-0.39, 0.29) is 22.4 Å². The molecule has 0 rings (SSSR count). The molecule has 0 saturated carbocycles. The number of aldehydes is 1. The first-order valence-corrected chi connectivity index (χ1v) is 3.45. The van der Waals surface area contributed by atoms with Gasteiger partial charge in [-0.2, -0.15) is 20.3 Å². The zero-order valence-corrected chi connectivity index (χ0v) is 9.24. The molecular weight excluding hydrogens is 221 g/mol. The van der Waals surface area contributed by atoms with E-state index < -0.39 is 0 Å². The summed E-state index contributed by atoms with van der Waals surface area (Å²) in [5, 5.41) is 0. The van der Waals surface area contributed by atoms with Crippen LogP contribution in [0.4, 0.5) is 0 Å². The van der Waals surface area contributed by atoms with Crippen molar-refractivity contribution in [2.75, 3.05) is 6.61 Å². The topological polar surface area (TPSA) is 26.3 Å². The fourth-order valence-corrected chi connectivity index (χ4v) is 0.495. The molecule has 11 heavy (non-hydrogen) atoms. The molecule has 0 aliphatic heterocycles. The van der Waals surface area contributed by atoms with Gasteiger partial charge in [0.05, 0.1) is 0 Å². The minimum atomic E-state index is 0. The molecule has 0 unspecified atom stereocenters. The zero-order chi connectivity index (χ0) is 7.82. The van der Waals surface area contributed by atoms with Gasteiger partial charge in [-0.05, 0) is 6.42 Å². The first kappa shape index (κ1) is 13.9. The van der Waals surface area contributed by atoms with Crippen molar-refractivity contribution in [3.05, 3.63) is 12.5 Å².